The van der Waals surface area contributed by atoms with Gasteiger partial charge in [-0.15, -0.1) is 24.0 Å². The summed E-state index contributed by atoms with van der Waals surface area (Å²) in [6.07, 6.45) is 1.48. The van der Waals surface area contributed by atoms with Gasteiger partial charge in [-0.3, -0.25) is 19.5 Å². The van der Waals surface area contributed by atoms with Gasteiger partial charge in [0.15, 0.2) is 5.96 Å². The quantitative estimate of drug-likeness (QED) is 0.241. The van der Waals surface area contributed by atoms with Gasteiger partial charge in [-0.05, 0) is 31.0 Å². The second kappa shape index (κ2) is 11.7. The van der Waals surface area contributed by atoms with Crippen LogP contribution in [0.25, 0.3) is 0 Å². The molecule has 29 heavy (non-hydrogen) atoms. The summed E-state index contributed by atoms with van der Waals surface area (Å²) in [6, 6.07) is 4.38. The Balaban J connectivity index is 0.00000420. The zero-order chi connectivity index (χ0) is 20.7. The fraction of sp³-hybridized carbons (Fsp3) is 0.550. The number of nitrogens with zero attached hydrogens (tertiary/aromatic N) is 2. The first-order valence-electron chi connectivity index (χ1n) is 9.55. The molecule has 0 unspecified atom stereocenters. The van der Waals surface area contributed by atoms with Gasteiger partial charge >= 0.3 is 0 Å². The molecule has 2 N–H and O–H groups in total. The molecule has 0 aromatic heterocycles. The monoisotopic (exact) mass is 538 g/mol. The largest absolute Gasteiger partial charge is 0.357 e. The number of imide groups is 1. The molecular weight excluding hydrogens is 510 g/mol. The average molecular weight is 539 g/mol. The molecule has 0 saturated carbocycles. The number of likely N-dealkylation sites (tertiary alicyclic amines) is 1. The maximum absolute atomic E-state index is 13.3. The van der Waals surface area contributed by atoms with Crippen LogP contribution in [0.15, 0.2) is 23.2 Å². The zero-order valence-corrected chi connectivity index (χ0v) is 20.1. The van der Waals surface area contributed by atoms with E-state index in [-0.39, 0.29) is 41.6 Å². The summed E-state index contributed by atoms with van der Waals surface area (Å²) in [5.74, 6) is -0.0188. The standard InChI is InChI=1S/C20H28ClFN4O2.HI/c1-4-23-19(24-10-11-26-17(27)6-5-7-18(26)28)25-13-20(2,3)15-9-8-14(22)12-16(15)21;/h8-9,12H,4-7,10-11,13H2,1-3H3,(H2,23,24,25);1H. The van der Waals surface area contributed by atoms with Crippen LogP contribution in [0.5, 0.6) is 0 Å². The summed E-state index contributed by atoms with van der Waals surface area (Å²) >= 11 is 6.20. The molecule has 0 aliphatic carbocycles. The van der Waals surface area contributed by atoms with Crippen molar-refractivity contribution in [2.45, 2.75) is 45.4 Å². The fourth-order valence-corrected chi connectivity index (χ4v) is 3.50. The van der Waals surface area contributed by atoms with E-state index >= 15 is 0 Å². The van der Waals surface area contributed by atoms with Gasteiger partial charge in [0.2, 0.25) is 11.8 Å². The first-order valence-corrected chi connectivity index (χ1v) is 9.93. The lowest BCUT2D eigenvalue weighted by molar-refractivity contribution is -0.147. The van der Waals surface area contributed by atoms with Crippen LogP contribution in [0.1, 0.15) is 45.6 Å². The molecule has 1 aromatic carbocycles. The second-order valence-corrected chi connectivity index (χ2v) is 7.83. The zero-order valence-electron chi connectivity index (χ0n) is 17.1. The van der Waals surface area contributed by atoms with E-state index in [1.807, 2.05) is 20.8 Å². The smallest absolute Gasteiger partial charge is 0.229 e. The van der Waals surface area contributed by atoms with Crippen molar-refractivity contribution in [1.29, 1.82) is 0 Å². The summed E-state index contributed by atoms with van der Waals surface area (Å²) in [4.78, 5) is 29.6. The summed E-state index contributed by atoms with van der Waals surface area (Å²) < 4.78 is 13.3. The van der Waals surface area contributed by atoms with E-state index in [4.69, 9.17) is 11.6 Å². The van der Waals surface area contributed by atoms with Crippen molar-refractivity contribution in [2.75, 3.05) is 26.2 Å². The molecule has 162 valence electrons. The van der Waals surface area contributed by atoms with E-state index in [1.54, 1.807) is 6.07 Å². The third-order valence-electron chi connectivity index (χ3n) is 4.65. The van der Waals surface area contributed by atoms with Gasteiger partial charge in [0.25, 0.3) is 0 Å². The number of piperidine rings is 1. The predicted octanol–water partition coefficient (Wildman–Crippen LogP) is 3.47. The lowest BCUT2D eigenvalue weighted by Gasteiger charge is -2.26. The number of nitrogens with one attached hydrogen (secondary N) is 2. The molecule has 9 heteroatoms. The lowest BCUT2D eigenvalue weighted by Crippen LogP contribution is -2.46. The van der Waals surface area contributed by atoms with Crippen molar-refractivity contribution in [3.63, 3.8) is 0 Å². The van der Waals surface area contributed by atoms with E-state index in [1.165, 1.54) is 17.0 Å². The van der Waals surface area contributed by atoms with Crippen molar-refractivity contribution < 1.29 is 14.0 Å². The van der Waals surface area contributed by atoms with E-state index in [9.17, 15) is 14.0 Å². The van der Waals surface area contributed by atoms with Gasteiger partial charge in [-0.2, -0.15) is 0 Å². The number of benzene rings is 1. The van der Waals surface area contributed by atoms with Crippen molar-refractivity contribution in [3.8, 4) is 0 Å². The molecule has 0 atom stereocenters. The average Bonchev–Trinajstić information content (AvgIpc) is 2.61. The predicted molar refractivity (Wildman–Crippen MR) is 124 cm³/mol. The summed E-state index contributed by atoms with van der Waals surface area (Å²) in [5, 5.41) is 6.68. The van der Waals surface area contributed by atoms with Gasteiger partial charge in [0.1, 0.15) is 5.82 Å². The van der Waals surface area contributed by atoms with E-state index < -0.39 is 5.41 Å². The molecule has 2 rings (SSSR count). The molecular formula is C20H29ClFIN4O2. The van der Waals surface area contributed by atoms with Gasteiger partial charge in [0.05, 0.1) is 6.54 Å². The highest BCUT2D eigenvalue weighted by Crippen LogP contribution is 2.30. The third kappa shape index (κ3) is 7.40. The molecule has 6 nitrogen and oxygen atoms in total. The van der Waals surface area contributed by atoms with Crippen molar-refractivity contribution in [1.82, 2.24) is 15.5 Å². The lowest BCUT2D eigenvalue weighted by atomic mass is 9.84. The maximum atomic E-state index is 13.3. The van der Waals surface area contributed by atoms with Gasteiger partial charge in [-0.25, -0.2) is 4.39 Å². The summed E-state index contributed by atoms with van der Waals surface area (Å²) in [5.41, 5.74) is 0.422. The Kier molecular flexibility index (Phi) is 10.3. The number of aliphatic imine (C=N–C) groups is 1. The van der Waals surface area contributed by atoms with Crippen molar-refractivity contribution in [2.24, 2.45) is 4.99 Å². The van der Waals surface area contributed by atoms with E-state index in [0.29, 0.717) is 56.4 Å². The SMILES string of the molecule is CCNC(=NCC(C)(C)c1ccc(F)cc1Cl)NCCN1C(=O)CCCC1=O.I. The van der Waals surface area contributed by atoms with Crippen LogP contribution >= 0.6 is 35.6 Å². The van der Waals surface area contributed by atoms with Gasteiger partial charge in [0, 0.05) is 42.9 Å². The van der Waals surface area contributed by atoms with Crippen LogP contribution in [0, 0.1) is 5.82 Å². The summed E-state index contributed by atoms with van der Waals surface area (Å²) in [6.45, 7) is 7.77. The number of amides is 2. The fourth-order valence-electron chi connectivity index (χ4n) is 3.08. The minimum Gasteiger partial charge on any atom is -0.357 e. The minimum absolute atomic E-state index is 0. The number of halogens is 3. The Bertz CT molecular complexity index is 742. The van der Waals surface area contributed by atoms with Crippen molar-refractivity contribution in [3.05, 3.63) is 34.6 Å². The topological polar surface area (TPSA) is 73.8 Å². The highest BCUT2D eigenvalue weighted by molar-refractivity contribution is 14.0. The number of rotatable bonds is 7. The molecule has 1 aliphatic heterocycles. The molecule has 2 amide bonds. The van der Waals surface area contributed by atoms with Crippen LogP contribution in [0.4, 0.5) is 4.39 Å². The molecule has 1 heterocycles. The maximum Gasteiger partial charge on any atom is 0.229 e. The molecule has 1 aromatic rings. The molecule has 0 spiro atoms. The van der Waals surface area contributed by atoms with Gasteiger partial charge < -0.3 is 10.6 Å². The molecule has 1 saturated heterocycles. The van der Waals surface area contributed by atoms with Crippen LogP contribution in [0.3, 0.4) is 0 Å². The van der Waals surface area contributed by atoms with E-state index in [2.05, 4.69) is 15.6 Å². The van der Waals surface area contributed by atoms with Crippen LogP contribution in [0.2, 0.25) is 5.02 Å². The second-order valence-electron chi connectivity index (χ2n) is 7.42. The molecule has 0 radical (unpaired) electrons. The van der Waals surface area contributed by atoms with Gasteiger partial charge in [-0.1, -0.05) is 31.5 Å². The molecule has 1 fully saturated rings. The number of guanidine groups is 1. The van der Waals surface area contributed by atoms with Crippen LogP contribution in [-0.4, -0.2) is 48.9 Å². The summed E-state index contributed by atoms with van der Waals surface area (Å²) in [7, 11) is 0. The number of carbonyl (C=O) groups excluding carboxylic acids is 2. The third-order valence-corrected chi connectivity index (χ3v) is 4.96. The van der Waals surface area contributed by atoms with E-state index in [0.717, 1.165) is 5.56 Å². The number of hydrogen-bond donors (Lipinski definition) is 2. The highest BCUT2D eigenvalue weighted by Gasteiger charge is 2.26. The Labute approximate surface area is 193 Å². The highest BCUT2D eigenvalue weighted by atomic mass is 127. The first-order chi connectivity index (χ1) is 13.2. The van der Waals surface area contributed by atoms with Crippen LogP contribution in [-0.2, 0) is 15.0 Å². The molecule has 0 bridgehead atoms. The van der Waals surface area contributed by atoms with Crippen molar-refractivity contribution >= 4 is 53.4 Å². The normalized spacial score (nSPS) is 15.2. The number of hydrogen-bond acceptors (Lipinski definition) is 3. The Hall–Kier alpha value is -1.42. The Morgan fingerprint density at radius 2 is 1.90 bits per heavy atom. The minimum atomic E-state index is -0.397. The Morgan fingerprint density at radius 3 is 2.48 bits per heavy atom. The first kappa shape index (κ1) is 25.6. The molecule has 1 aliphatic rings. The van der Waals surface area contributed by atoms with Crippen LogP contribution < -0.4 is 10.6 Å². The Morgan fingerprint density at radius 1 is 1.24 bits per heavy atom. The number of carbonyl (C=O) groups is 2.